The summed E-state index contributed by atoms with van der Waals surface area (Å²) in [6.45, 7) is 1.94. The molecule has 0 atom stereocenters. The highest BCUT2D eigenvalue weighted by atomic mass is 16.3. The van der Waals surface area contributed by atoms with E-state index >= 15 is 0 Å². The van der Waals surface area contributed by atoms with E-state index in [1.165, 1.54) is 0 Å². The van der Waals surface area contributed by atoms with Crippen LogP contribution in [0.15, 0.2) is 359 Å². The summed E-state index contributed by atoms with van der Waals surface area (Å²) < 4.78 is 167. The van der Waals surface area contributed by atoms with E-state index in [-0.39, 0.29) is 108 Å². The van der Waals surface area contributed by atoms with Crippen molar-refractivity contribution in [1.82, 2.24) is 0 Å². The fraction of sp³-hybridized carbons (Fsp3) is 0.0103. The first kappa shape index (κ1) is 43.2. The van der Waals surface area contributed by atoms with Gasteiger partial charge in [0.05, 0.1) is 21.9 Å². The first-order valence-corrected chi connectivity index (χ1v) is 33.1. The molecule has 3 aromatic heterocycles. The maximum Gasteiger partial charge on any atom is 0.143 e. The standard InChI is InChI=1S/C50H30O2.C47H30O/c1-2-14-31(15-3-1)33-16-4-5-17-34(33)40-27-28-42(49-41-23-11-13-25-45(41)52-50(40)49)48-38-21-8-6-19-36(38)47(37-20-7-9-22-39(37)48)32-26-29-46-43(30-32)35-18-10-12-24-44(35)51-46;1-29-22-24-30(25-23-29)44-35-16-6-8-18-37(35)45(38-19-9-7-17-36(38)44)41-27-26-39(47-46(41)40-20-10-11-21-43(40)48-47)42-28-31-12-2-3-13-32(31)33-14-4-5-15-34(33)42/h1-30H;2-28H,1H3/i6D,7D,8D,9D,19D,20D,21D,22D;6D,7D,8D,9D,16D,17D,18D,19D. The summed E-state index contributed by atoms with van der Waals surface area (Å²) in [5.74, 6) is 0. The molecular formula is C97H60O3. The average molecular weight is 1290 g/mol. The zero-order valence-electron chi connectivity index (χ0n) is 69.4. The van der Waals surface area contributed by atoms with Crippen LogP contribution in [0.2, 0.25) is 0 Å². The number of hydrogen-bond donors (Lipinski definition) is 0. The van der Waals surface area contributed by atoms with Gasteiger partial charge in [-0.05, 0) is 187 Å². The van der Waals surface area contributed by atoms with Gasteiger partial charge >= 0.3 is 0 Å². The minimum atomic E-state index is -0.460. The maximum atomic E-state index is 9.60. The number of benzene rings is 18. The van der Waals surface area contributed by atoms with Crippen molar-refractivity contribution in [3.05, 3.63) is 351 Å². The van der Waals surface area contributed by atoms with Crippen molar-refractivity contribution in [3.8, 4) is 77.9 Å². The van der Waals surface area contributed by atoms with Crippen molar-refractivity contribution in [3.63, 3.8) is 0 Å². The Hall–Kier alpha value is -13.1. The molecule has 0 spiro atoms. The van der Waals surface area contributed by atoms with E-state index < -0.39 is 48.3 Å². The second-order valence-corrected chi connectivity index (χ2v) is 25.2. The quantitative estimate of drug-likeness (QED) is 0.118. The first-order valence-electron chi connectivity index (χ1n) is 41.1. The van der Waals surface area contributed by atoms with Gasteiger partial charge in [-0.15, -0.1) is 0 Å². The lowest BCUT2D eigenvalue weighted by molar-refractivity contribution is 0.669. The monoisotopic (exact) mass is 1290 g/mol. The third-order valence-electron chi connectivity index (χ3n) is 19.7. The second-order valence-electron chi connectivity index (χ2n) is 25.2. The van der Waals surface area contributed by atoms with Crippen LogP contribution >= 0.6 is 0 Å². The lowest BCUT2D eigenvalue weighted by atomic mass is 9.84. The largest absolute Gasteiger partial charge is 0.456 e. The summed E-state index contributed by atoms with van der Waals surface area (Å²) in [5, 5.41) is 9.95. The smallest absolute Gasteiger partial charge is 0.143 e. The molecule has 0 fully saturated rings. The van der Waals surface area contributed by atoms with Crippen molar-refractivity contribution in [2.24, 2.45) is 0 Å². The van der Waals surface area contributed by atoms with Gasteiger partial charge in [0.15, 0.2) is 0 Å². The fourth-order valence-corrected chi connectivity index (χ4v) is 15.3. The zero-order valence-corrected chi connectivity index (χ0v) is 53.4. The van der Waals surface area contributed by atoms with Gasteiger partial charge in [0, 0.05) is 43.4 Å². The van der Waals surface area contributed by atoms with Crippen LogP contribution in [-0.4, -0.2) is 0 Å². The summed E-state index contributed by atoms with van der Waals surface area (Å²) >= 11 is 0. The summed E-state index contributed by atoms with van der Waals surface area (Å²) in [4.78, 5) is 0. The number of aryl methyl sites for hydroxylation is 1. The van der Waals surface area contributed by atoms with Gasteiger partial charge in [0.25, 0.3) is 0 Å². The normalized spacial score (nSPS) is 14.1. The Kier molecular flexibility index (Phi) is 9.95. The minimum absolute atomic E-state index is 0.134. The Morgan fingerprint density at radius 3 is 1.16 bits per heavy atom. The van der Waals surface area contributed by atoms with Gasteiger partial charge in [-0.1, -0.05) is 302 Å². The Morgan fingerprint density at radius 1 is 0.220 bits per heavy atom. The lowest BCUT2D eigenvalue weighted by Crippen LogP contribution is -1.92. The molecule has 466 valence electrons. The number of fused-ring (bicyclic) bond motifs is 16. The van der Waals surface area contributed by atoms with Crippen molar-refractivity contribution in [1.29, 1.82) is 0 Å². The van der Waals surface area contributed by atoms with Crippen molar-refractivity contribution < 1.29 is 35.2 Å². The van der Waals surface area contributed by atoms with Crippen LogP contribution in [0.3, 0.4) is 0 Å². The molecule has 18 aromatic carbocycles. The van der Waals surface area contributed by atoms with Gasteiger partial charge in [0.1, 0.15) is 33.5 Å². The third kappa shape index (κ3) is 8.99. The molecule has 100 heavy (non-hydrogen) atoms. The van der Waals surface area contributed by atoms with Crippen LogP contribution in [0.4, 0.5) is 0 Å². The van der Waals surface area contributed by atoms with E-state index in [4.69, 9.17) is 24.2 Å². The molecule has 0 N–H and O–H groups in total. The maximum absolute atomic E-state index is 9.60. The molecule has 21 rings (SSSR count). The molecule has 3 nitrogen and oxygen atoms in total. The predicted molar refractivity (Wildman–Crippen MR) is 423 cm³/mol. The molecule has 0 bridgehead atoms. The fourth-order valence-electron chi connectivity index (χ4n) is 15.3. The highest BCUT2D eigenvalue weighted by Crippen LogP contribution is 2.53. The van der Waals surface area contributed by atoms with E-state index in [1.807, 2.05) is 195 Å². The highest BCUT2D eigenvalue weighted by molar-refractivity contribution is 6.30. The Morgan fingerprint density at radius 2 is 0.610 bits per heavy atom. The second kappa shape index (κ2) is 23.1. The molecule has 3 heterocycles. The summed E-state index contributed by atoms with van der Waals surface area (Å²) in [5.41, 5.74) is 13.3. The molecule has 21 aromatic rings. The SMILES string of the molecule is [2H]c1c([2H])c([2H])c2c(-c3ccc(-c4cc5ccccc5c5ccccc45)c4oc5ccccc5c34)c3c([2H])c([2H])c([2H])c([2H])c3c(-c3ccc(C)cc3)c2c1[2H].[2H]c1c([2H])c([2H])c2c(-c3ccc(-c4ccccc4-c4ccccc4)c4oc5ccccc5c34)c3c([2H])c([2H])c([2H])c([2H])c3c(-c3ccc4oc5ccccc5c4c3)c2c1[2H]. The van der Waals surface area contributed by atoms with Gasteiger partial charge in [-0.3, -0.25) is 0 Å². The van der Waals surface area contributed by atoms with Crippen LogP contribution in [0.5, 0.6) is 0 Å². The van der Waals surface area contributed by atoms with E-state index in [2.05, 4.69) is 48.5 Å². The third-order valence-corrected chi connectivity index (χ3v) is 19.7. The van der Waals surface area contributed by atoms with E-state index in [0.717, 1.165) is 82.0 Å². The van der Waals surface area contributed by atoms with E-state index in [9.17, 15) is 11.0 Å². The topological polar surface area (TPSA) is 39.4 Å². The predicted octanol–water partition coefficient (Wildman–Crippen LogP) is 28.0. The van der Waals surface area contributed by atoms with Crippen LogP contribution in [0, 0.1) is 6.92 Å². The van der Waals surface area contributed by atoms with E-state index in [1.54, 1.807) is 12.1 Å². The Balaban J connectivity index is 0.000000150. The van der Waals surface area contributed by atoms with Gasteiger partial charge < -0.3 is 13.3 Å². The summed E-state index contributed by atoms with van der Waals surface area (Å²) in [6.07, 6.45) is 0. The Bertz CT molecular complexity index is 7760. The average Bonchev–Trinajstić information content (AvgIpc) is 1.00. The number of rotatable bonds is 7. The van der Waals surface area contributed by atoms with Crippen molar-refractivity contribution in [2.45, 2.75) is 6.92 Å². The molecule has 0 radical (unpaired) electrons. The molecule has 0 aliphatic heterocycles. The first-order chi connectivity index (χ1) is 56.2. The molecule has 3 heteroatoms. The van der Waals surface area contributed by atoms with Gasteiger partial charge in [0.2, 0.25) is 0 Å². The molecule has 0 saturated heterocycles. The van der Waals surface area contributed by atoms with Crippen LogP contribution in [0.1, 0.15) is 27.5 Å². The van der Waals surface area contributed by atoms with Crippen LogP contribution < -0.4 is 0 Å². The summed E-state index contributed by atoms with van der Waals surface area (Å²) in [6, 6.07) is 74.1. The van der Waals surface area contributed by atoms with Gasteiger partial charge in [-0.2, -0.15) is 0 Å². The molecule has 0 amide bonds. The molecule has 0 aliphatic rings. The highest BCUT2D eigenvalue weighted by Gasteiger charge is 2.26. The molecule has 0 saturated carbocycles. The van der Waals surface area contributed by atoms with Crippen LogP contribution in [-0.2, 0) is 0 Å². The minimum Gasteiger partial charge on any atom is -0.456 e. The van der Waals surface area contributed by atoms with E-state index in [0.29, 0.717) is 72.1 Å². The lowest BCUT2D eigenvalue weighted by Gasteiger charge is -2.19. The molecule has 0 unspecified atom stereocenters. The number of furan rings is 3. The zero-order chi connectivity index (χ0) is 79.9. The number of para-hydroxylation sites is 3. The number of hydrogen-bond acceptors (Lipinski definition) is 3. The summed E-state index contributed by atoms with van der Waals surface area (Å²) in [7, 11) is 0. The van der Waals surface area contributed by atoms with Crippen molar-refractivity contribution >= 4 is 130 Å². The van der Waals surface area contributed by atoms with Crippen molar-refractivity contribution in [2.75, 3.05) is 0 Å². The Labute approximate surface area is 598 Å². The van der Waals surface area contributed by atoms with Gasteiger partial charge in [-0.25, -0.2) is 0 Å². The molecule has 0 aliphatic carbocycles. The van der Waals surface area contributed by atoms with Crippen LogP contribution in [0.25, 0.3) is 208 Å². The molecular weight excluding hydrogens is 1210 g/mol.